The highest BCUT2D eigenvalue weighted by Crippen LogP contribution is 2.32. The van der Waals surface area contributed by atoms with Crippen molar-refractivity contribution in [3.8, 4) is 0 Å². The third-order valence-corrected chi connectivity index (χ3v) is 8.43. The van der Waals surface area contributed by atoms with E-state index in [4.69, 9.17) is 17.0 Å². The molecule has 1 saturated heterocycles. The Morgan fingerprint density at radius 2 is 1.50 bits per heavy atom. The highest BCUT2D eigenvalue weighted by Gasteiger charge is 2.44. The van der Waals surface area contributed by atoms with Gasteiger partial charge in [-0.15, -0.1) is 0 Å². The zero-order valence-corrected chi connectivity index (χ0v) is 28.4. The van der Waals surface area contributed by atoms with Gasteiger partial charge in [-0.2, -0.15) is 0 Å². The Hall–Kier alpha value is -5.59. The van der Waals surface area contributed by atoms with Crippen LogP contribution in [0.3, 0.4) is 0 Å². The van der Waals surface area contributed by atoms with Crippen LogP contribution in [-0.4, -0.2) is 89.8 Å². The molecule has 0 radical (unpaired) electrons. The number of nitrogens with zero attached hydrogens (tertiary/aromatic N) is 4. The second-order valence-electron chi connectivity index (χ2n) is 11.9. The Morgan fingerprint density at radius 1 is 0.827 bits per heavy atom. The molecule has 8 N–H and O–H groups in total. The number of ether oxygens (including phenoxy) is 1. The monoisotopic (exact) mass is 729 g/mol. The number of imidazole rings is 1. The molecule has 1 aliphatic heterocycles. The third-order valence-electron chi connectivity index (χ3n) is 8.19. The minimum Gasteiger partial charge on any atom is -0.394 e. The number of aliphatic hydroxyl groups is 3. The Bertz CT molecular complexity index is 2030. The molecule has 17 heteroatoms. The highest BCUT2D eigenvalue weighted by atomic mass is 32.1. The molecule has 52 heavy (non-hydrogen) atoms. The molecular formula is C35H36FN9O6S. The standard InChI is InChI=1S/C35H36FN9O6S/c36-24-3-1-2-4-25(24)44-35(52)38-14-13-37-27(47)15-20-5-9-22(10-6-20)42-28(48)16-21-7-11-23(12-8-21)43-32-29-33(40-18-39-32)45(19-41-29)34-31(50)30(49)26(17-46)51-34/h1-12,18-19,26,30-31,34,46,49-50H,13-17H2,(H,37,47)(H,42,48)(H2,38,44,52)(H,39,40,43). The SMILES string of the molecule is O=C(Cc1ccc(NC(=O)Cc2ccc(Nc3ncnc4c3ncn4C3OC(CO)C(O)C3O)cc2)cc1)NCCNC(=S)Nc1ccccc1F. The van der Waals surface area contributed by atoms with E-state index in [1.165, 1.54) is 23.3 Å². The summed E-state index contributed by atoms with van der Waals surface area (Å²) in [7, 11) is 0. The zero-order chi connectivity index (χ0) is 36.6. The molecule has 0 spiro atoms. The van der Waals surface area contributed by atoms with E-state index in [2.05, 4.69) is 41.5 Å². The number of anilines is 4. The maximum Gasteiger partial charge on any atom is 0.228 e. The van der Waals surface area contributed by atoms with E-state index in [0.29, 0.717) is 41.4 Å². The molecule has 4 unspecified atom stereocenters. The number of rotatable bonds is 13. The molecule has 3 heterocycles. The summed E-state index contributed by atoms with van der Waals surface area (Å²) >= 11 is 5.16. The number of aromatic nitrogens is 4. The summed E-state index contributed by atoms with van der Waals surface area (Å²) in [6, 6.07) is 20.4. The van der Waals surface area contributed by atoms with Crippen LogP contribution in [-0.2, 0) is 27.2 Å². The van der Waals surface area contributed by atoms with Crippen LogP contribution in [0.25, 0.3) is 11.2 Å². The Kier molecular flexibility index (Phi) is 11.6. The van der Waals surface area contributed by atoms with E-state index in [9.17, 15) is 29.3 Å². The Balaban J connectivity index is 0.938. The lowest BCUT2D eigenvalue weighted by atomic mass is 10.1. The van der Waals surface area contributed by atoms with Crippen LogP contribution < -0.4 is 26.6 Å². The number of carbonyl (C=O) groups excluding carboxylic acids is 2. The summed E-state index contributed by atoms with van der Waals surface area (Å²) in [5.74, 6) is -0.413. The van der Waals surface area contributed by atoms with Crippen molar-refractivity contribution in [1.29, 1.82) is 0 Å². The number of para-hydroxylation sites is 1. The molecule has 1 fully saturated rings. The van der Waals surface area contributed by atoms with Gasteiger partial charge in [0, 0.05) is 24.5 Å². The lowest BCUT2D eigenvalue weighted by Crippen LogP contribution is -2.37. The van der Waals surface area contributed by atoms with Gasteiger partial charge < -0.3 is 46.6 Å². The van der Waals surface area contributed by atoms with Crippen molar-refractivity contribution < 1.29 is 34.0 Å². The molecule has 4 atom stereocenters. The van der Waals surface area contributed by atoms with Gasteiger partial charge in [0.15, 0.2) is 28.3 Å². The third kappa shape index (κ3) is 8.82. The largest absolute Gasteiger partial charge is 0.394 e. The molecule has 270 valence electrons. The lowest BCUT2D eigenvalue weighted by Gasteiger charge is -2.16. The molecule has 1 aliphatic rings. The first-order chi connectivity index (χ1) is 25.2. The van der Waals surface area contributed by atoms with Gasteiger partial charge in [0.05, 0.1) is 31.5 Å². The van der Waals surface area contributed by atoms with Gasteiger partial charge in [-0.25, -0.2) is 19.3 Å². The minimum absolute atomic E-state index is 0.129. The van der Waals surface area contributed by atoms with Crippen LogP contribution in [0.5, 0.6) is 0 Å². The first-order valence-electron chi connectivity index (χ1n) is 16.3. The quantitative estimate of drug-likeness (QED) is 0.0647. The van der Waals surface area contributed by atoms with E-state index in [-0.39, 0.29) is 35.5 Å². The number of amides is 2. The number of aliphatic hydroxyl groups excluding tert-OH is 3. The van der Waals surface area contributed by atoms with Crippen molar-refractivity contribution >= 4 is 63.2 Å². The molecule has 0 aliphatic carbocycles. The summed E-state index contributed by atoms with van der Waals surface area (Å²) in [6.45, 7) is 0.228. The van der Waals surface area contributed by atoms with Crippen LogP contribution in [0.1, 0.15) is 17.4 Å². The molecule has 6 rings (SSSR count). The number of fused-ring (bicyclic) bond motifs is 1. The molecule has 2 aromatic heterocycles. The van der Waals surface area contributed by atoms with E-state index in [1.807, 2.05) is 12.1 Å². The molecule has 5 aromatic rings. The maximum absolute atomic E-state index is 13.7. The van der Waals surface area contributed by atoms with Crippen LogP contribution in [0.15, 0.2) is 85.5 Å². The van der Waals surface area contributed by atoms with Crippen molar-refractivity contribution in [3.05, 3.63) is 102 Å². The molecule has 0 bridgehead atoms. The number of hydrogen-bond donors (Lipinski definition) is 8. The fourth-order valence-electron chi connectivity index (χ4n) is 5.53. The smallest absolute Gasteiger partial charge is 0.228 e. The number of halogens is 1. The second kappa shape index (κ2) is 16.6. The molecule has 15 nitrogen and oxygen atoms in total. The first-order valence-corrected chi connectivity index (χ1v) is 16.7. The number of hydrogen-bond acceptors (Lipinski definition) is 11. The summed E-state index contributed by atoms with van der Waals surface area (Å²) in [6.07, 6.45) is -1.43. The molecule has 0 saturated carbocycles. The van der Waals surface area contributed by atoms with E-state index >= 15 is 0 Å². The predicted molar refractivity (Wildman–Crippen MR) is 194 cm³/mol. The second-order valence-corrected chi connectivity index (χ2v) is 12.3. The van der Waals surface area contributed by atoms with E-state index in [1.54, 1.807) is 54.6 Å². The molecule has 3 aromatic carbocycles. The van der Waals surface area contributed by atoms with Crippen molar-refractivity contribution in [2.45, 2.75) is 37.4 Å². The summed E-state index contributed by atoms with van der Waals surface area (Å²) in [4.78, 5) is 38.1. The normalized spacial score (nSPS) is 18.2. The number of thiocarbonyl (C=S) groups is 1. The maximum atomic E-state index is 13.7. The van der Waals surface area contributed by atoms with Gasteiger partial charge in [0.25, 0.3) is 0 Å². The molecule has 2 amide bonds. The van der Waals surface area contributed by atoms with Crippen molar-refractivity contribution in [3.63, 3.8) is 0 Å². The number of benzene rings is 3. The Morgan fingerprint density at radius 3 is 2.19 bits per heavy atom. The average Bonchev–Trinajstić information content (AvgIpc) is 3.69. The van der Waals surface area contributed by atoms with Gasteiger partial charge >= 0.3 is 0 Å². The van der Waals surface area contributed by atoms with Crippen molar-refractivity contribution in [1.82, 2.24) is 30.2 Å². The topological polar surface area (TPSA) is 208 Å². The fraction of sp³-hybridized carbons (Fsp3) is 0.257. The lowest BCUT2D eigenvalue weighted by molar-refractivity contribution is -0.120. The summed E-state index contributed by atoms with van der Waals surface area (Å²) in [5, 5.41) is 44.8. The summed E-state index contributed by atoms with van der Waals surface area (Å²) < 4.78 is 20.8. The van der Waals surface area contributed by atoms with Crippen LogP contribution in [0, 0.1) is 5.82 Å². The number of carbonyl (C=O) groups is 2. The zero-order valence-electron chi connectivity index (χ0n) is 27.6. The average molecular weight is 730 g/mol. The van der Waals surface area contributed by atoms with Gasteiger partial charge in [-0.1, -0.05) is 36.4 Å². The van der Waals surface area contributed by atoms with Crippen molar-refractivity contribution in [2.24, 2.45) is 0 Å². The van der Waals surface area contributed by atoms with E-state index < -0.39 is 37.0 Å². The van der Waals surface area contributed by atoms with Crippen LogP contribution in [0.2, 0.25) is 0 Å². The Labute approximate surface area is 302 Å². The number of nitrogens with one attached hydrogen (secondary N) is 5. The van der Waals surface area contributed by atoms with Gasteiger partial charge in [-0.05, 0) is 59.7 Å². The fourth-order valence-corrected chi connectivity index (χ4v) is 5.75. The molecular weight excluding hydrogens is 694 g/mol. The van der Waals surface area contributed by atoms with Gasteiger partial charge in [-0.3, -0.25) is 14.2 Å². The summed E-state index contributed by atoms with van der Waals surface area (Å²) in [5.41, 5.74) is 3.85. The van der Waals surface area contributed by atoms with Crippen LogP contribution >= 0.6 is 12.2 Å². The van der Waals surface area contributed by atoms with Gasteiger partial charge in [0.2, 0.25) is 11.8 Å². The van der Waals surface area contributed by atoms with E-state index in [0.717, 1.165) is 11.1 Å². The predicted octanol–water partition coefficient (Wildman–Crippen LogP) is 2.15. The highest BCUT2D eigenvalue weighted by molar-refractivity contribution is 7.80. The first kappa shape index (κ1) is 36.2. The van der Waals surface area contributed by atoms with Gasteiger partial charge in [0.1, 0.15) is 30.5 Å². The minimum atomic E-state index is -1.28. The van der Waals surface area contributed by atoms with Crippen LogP contribution in [0.4, 0.5) is 27.3 Å². The van der Waals surface area contributed by atoms with Crippen molar-refractivity contribution in [2.75, 3.05) is 35.6 Å².